The Balaban J connectivity index is 1.68. The lowest BCUT2D eigenvalue weighted by Gasteiger charge is -2.37. The van der Waals surface area contributed by atoms with Crippen LogP contribution in [0.15, 0.2) is 83.3 Å². The lowest BCUT2D eigenvalue weighted by molar-refractivity contribution is -0.153. The summed E-state index contributed by atoms with van der Waals surface area (Å²) in [5.41, 5.74) is 2.67. The first-order valence-electron chi connectivity index (χ1n) is 11.3. The van der Waals surface area contributed by atoms with Crippen molar-refractivity contribution in [2.45, 2.75) is 13.0 Å². The van der Waals surface area contributed by atoms with Crippen LogP contribution in [0.4, 0.5) is 5.95 Å². The van der Waals surface area contributed by atoms with Crippen molar-refractivity contribution in [2.24, 2.45) is 5.92 Å². The van der Waals surface area contributed by atoms with Crippen molar-refractivity contribution in [1.29, 1.82) is 0 Å². The van der Waals surface area contributed by atoms with Crippen LogP contribution in [0.1, 0.15) is 28.9 Å². The Morgan fingerprint density at radius 2 is 1.66 bits per heavy atom. The maximum Gasteiger partial charge on any atom is 0.321 e. The van der Waals surface area contributed by atoms with Crippen LogP contribution in [0.25, 0.3) is 11.0 Å². The molecule has 0 aliphatic carbocycles. The molecule has 2 atom stereocenters. The first kappa shape index (κ1) is 23.0. The van der Waals surface area contributed by atoms with Gasteiger partial charge in [0, 0.05) is 10.0 Å². The molecule has 35 heavy (non-hydrogen) atoms. The molecule has 1 aromatic heterocycles. The number of ether oxygens (including phenoxy) is 1. The third kappa shape index (κ3) is 4.14. The van der Waals surface area contributed by atoms with Crippen molar-refractivity contribution < 1.29 is 19.1 Å². The van der Waals surface area contributed by atoms with E-state index in [1.807, 2.05) is 59.2 Å². The highest BCUT2D eigenvalue weighted by Gasteiger charge is 2.48. The number of hydrogen-bond donors (Lipinski definition) is 0. The molecule has 2 unspecified atom stereocenters. The fourth-order valence-corrected chi connectivity index (χ4v) is 4.78. The number of carbonyl (C=O) groups is 3. The van der Waals surface area contributed by atoms with Gasteiger partial charge in [0.05, 0.1) is 30.2 Å². The molecule has 0 bridgehead atoms. The van der Waals surface area contributed by atoms with E-state index >= 15 is 0 Å². The molecule has 7 nitrogen and oxygen atoms in total. The van der Waals surface area contributed by atoms with Crippen molar-refractivity contribution in [1.82, 2.24) is 9.55 Å². The van der Waals surface area contributed by atoms with Gasteiger partial charge in [-0.3, -0.25) is 19.3 Å². The van der Waals surface area contributed by atoms with Gasteiger partial charge in [-0.2, -0.15) is 0 Å². The Bertz CT molecular complexity index is 1420. The van der Waals surface area contributed by atoms with Crippen LogP contribution in [0.3, 0.4) is 0 Å². The van der Waals surface area contributed by atoms with Gasteiger partial charge >= 0.3 is 5.97 Å². The van der Waals surface area contributed by atoms with E-state index in [1.165, 1.54) is 4.90 Å². The van der Waals surface area contributed by atoms with Gasteiger partial charge < -0.3 is 9.30 Å². The average Bonchev–Trinajstić information content (AvgIpc) is 3.25. The molecule has 1 amide bonds. The first-order chi connectivity index (χ1) is 17.0. The molecule has 0 N–H and O–H groups in total. The van der Waals surface area contributed by atoms with Crippen LogP contribution >= 0.6 is 15.9 Å². The maximum atomic E-state index is 13.9. The van der Waals surface area contributed by atoms with E-state index in [0.717, 1.165) is 15.6 Å². The Labute approximate surface area is 210 Å². The Morgan fingerprint density at radius 1 is 0.971 bits per heavy atom. The summed E-state index contributed by atoms with van der Waals surface area (Å²) in [5.74, 6) is -2.23. The topological polar surface area (TPSA) is 81.5 Å². The molecule has 3 aromatic carbocycles. The smallest absolute Gasteiger partial charge is 0.321 e. The highest BCUT2D eigenvalue weighted by Crippen LogP contribution is 2.41. The molecular formula is C27H22BrN3O4. The molecule has 1 aliphatic rings. The average molecular weight is 532 g/mol. The van der Waals surface area contributed by atoms with E-state index < -0.39 is 23.8 Å². The molecule has 0 saturated carbocycles. The lowest BCUT2D eigenvalue weighted by atomic mass is 9.89. The number of rotatable bonds is 6. The van der Waals surface area contributed by atoms with E-state index in [9.17, 15) is 14.4 Å². The van der Waals surface area contributed by atoms with Crippen LogP contribution in [-0.2, 0) is 14.3 Å². The molecule has 0 spiro atoms. The molecular weight excluding hydrogens is 510 g/mol. The van der Waals surface area contributed by atoms with Crippen LogP contribution < -0.4 is 4.90 Å². The number of halogens is 1. The van der Waals surface area contributed by atoms with Crippen LogP contribution in [0.5, 0.6) is 0 Å². The van der Waals surface area contributed by atoms with Gasteiger partial charge in [0.1, 0.15) is 0 Å². The molecule has 2 heterocycles. The summed E-state index contributed by atoms with van der Waals surface area (Å²) in [4.78, 5) is 46.3. The van der Waals surface area contributed by atoms with E-state index in [0.29, 0.717) is 17.0 Å². The zero-order chi connectivity index (χ0) is 24.5. The Kier molecular flexibility index (Phi) is 6.21. The predicted octanol–water partition coefficient (Wildman–Crippen LogP) is 4.80. The molecule has 0 saturated heterocycles. The molecule has 0 radical (unpaired) electrons. The third-order valence-electron chi connectivity index (χ3n) is 6.09. The summed E-state index contributed by atoms with van der Waals surface area (Å²) in [6, 6.07) is 23.1. The van der Waals surface area contributed by atoms with Gasteiger partial charge in [-0.15, -0.1) is 0 Å². The van der Waals surface area contributed by atoms with E-state index in [1.54, 1.807) is 31.2 Å². The van der Waals surface area contributed by atoms with Crippen LogP contribution in [0.2, 0.25) is 0 Å². The summed E-state index contributed by atoms with van der Waals surface area (Å²) < 4.78 is 8.07. The second-order valence-corrected chi connectivity index (χ2v) is 9.13. The standard InChI is InChI=1S/C27H22BrN3O4/c1-2-35-26(34)23-24(18-8-4-3-5-9-18)31-21-11-7-6-10-20(21)29-27(31)30(25(23)33)16-22(32)17-12-14-19(28)15-13-17/h3-15,23-24H,2,16H2,1H3. The summed E-state index contributed by atoms with van der Waals surface area (Å²) >= 11 is 3.37. The van der Waals surface area contributed by atoms with Gasteiger partial charge in [0.15, 0.2) is 11.7 Å². The van der Waals surface area contributed by atoms with Crippen molar-refractivity contribution in [2.75, 3.05) is 18.1 Å². The quantitative estimate of drug-likeness (QED) is 0.203. The molecule has 5 rings (SSSR count). The number of benzene rings is 3. The molecule has 1 aliphatic heterocycles. The van der Waals surface area contributed by atoms with Crippen molar-refractivity contribution in [3.8, 4) is 0 Å². The van der Waals surface area contributed by atoms with Gasteiger partial charge in [-0.05, 0) is 36.8 Å². The van der Waals surface area contributed by atoms with Crippen molar-refractivity contribution >= 4 is 50.6 Å². The minimum Gasteiger partial charge on any atom is -0.465 e. The van der Waals surface area contributed by atoms with Gasteiger partial charge in [0.25, 0.3) is 0 Å². The fourth-order valence-electron chi connectivity index (χ4n) is 4.52. The summed E-state index contributed by atoms with van der Waals surface area (Å²) in [6.45, 7) is 1.59. The number of ketones is 1. The largest absolute Gasteiger partial charge is 0.465 e. The minimum absolute atomic E-state index is 0.138. The number of para-hydroxylation sites is 2. The van der Waals surface area contributed by atoms with E-state index in [4.69, 9.17) is 9.72 Å². The number of amides is 1. The molecule has 4 aromatic rings. The summed E-state index contributed by atoms with van der Waals surface area (Å²) in [5, 5.41) is 0. The molecule has 176 valence electrons. The second kappa shape index (κ2) is 9.46. The second-order valence-electron chi connectivity index (χ2n) is 8.21. The van der Waals surface area contributed by atoms with Gasteiger partial charge in [-0.25, -0.2) is 4.98 Å². The number of Topliss-reactive ketones (excluding diaryl/α,β-unsaturated/α-hetero) is 1. The van der Waals surface area contributed by atoms with E-state index in [2.05, 4.69) is 15.9 Å². The molecule has 0 fully saturated rings. The predicted molar refractivity (Wildman–Crippen MR) is 135 cm³/mol. The van der Waals surface area contributed by atoms with Gasteiger partial charge in [0.2, 0.25) is 11.9 Å². The van der Waals surface area contributed by atoms with Gasteiger partial charge in [-0.1, -0.05) is 70.5 Å². The zero-order valence-corrected chi connectivity index (χ0v) is 20.5. The number of nitrogens with zero attached hydrogens (tertiary/aromatic N) is 3. The highest BCUT2D eigenvalue weighted by atomic mass is 79.9. The number of carbonyl (C=O) groups excluding carboxylic acids is 3. The SMILES string of the molecule is CCOC(=O)C1C(=O)N(CC(=O)c2ccc(Br)cc2)c2nc3ccccc3n2C1c1ccccc1. The monoisotopic (exact) mass is 531 g/mol. The molecule has 8 heteroatoms. The van der Waals surface area contributed by atoms with Crippen molar-refractivity contribution in [3.63, 3.8) is 0 Å². The Morgan fingerprint density at radius 3 is 2.37 bits per heavy atom. The zero-order valence-electron chi connectivity index (χ0n) is 18.9. The Hall–Kier alpha value is -3.78. The number of aromatic nitrogens is 2. The summed E-state index contributed by atoms with van der Waals surface area (Å²) in [6.07, 6.45) is 0. The normalized spacial score (nSPS) is 17.3. The fraction of sp³-hybridized carbons (Fsp3) is 0.185. The van der Waals surface area contributed by atoms with E-state index in [-0.39, 0.29) is 18.9 Å². The minimum atomic E-state index is -1.17. The number of imidazole rings is 1. The maximum absolute atomic E-state index is 13.9. The van der Waals surface area contributed by atoms with Crippen molar-refractivity contribution in [3.05, 3.63) is 94.5 Å². The van der Waals surface area contributed by atoms with Crippen LogP contribution in [0, 0.1) is 5.92 Å². The number of anilines is 1. The summed E-state index contributed by atoms with van der Waals surface area (Å²) in [7, 11) is 0. The third-order valence-corrected chi connectivity index (χ3v) is 6.62. The van der Waals surface area contributed by atoms with Crippen LogP contribution in [-0.4, -0.2) is 40.4 Å². The first-order valence-corrected chi connectivity index (χ1v) is 12.1. The highest BCUT2D eigenvalue weighted by molar-refractivity contribution is 9.10. The number of esters is 1. The number of hydrogen-bond acceptors (Lipinski definition) is 5. The lowest BCUT2D eigenvalue weighted by Crippen LogP contribution is -2.51. The number of fused-ring (bicyclic) bond motifs is 3.